The van der Waals surface area contributed by atoms with Gasteiger partial charge in [0.15, 0.2) is 5.17 Å². The van der Waals surface area contributed by atoms with E-state index in [2.05, 4.69) is 20.6 Å². The molecule has 7 nitrogen and oxygen atoms in total. The van der Waals surface area contributed by atoms with Crippen LogP contribution >= 0.6 is 11.8 Å². The molecule has 1 N–H and O–H groups in total. The van der Waals surface area contributed by atoms with E-state index in [1.54, 1.807) is 17.8 Å². The molecule has 0 unspecified atom stereocenters. The maximum Gasteiger partial charge on any atom is 0.270 e. The summed E-state index contributed by atoms with van der Waals surface area (Å²) in [6.45, 7) is 1.70. The van der Waals surface area contributed by atoms with Crippen LogP contribution in [0.1, 0.15) is 15.9 Å². The van der Waals surface area contributed by atoms with Crippen molar-refractivity contribution >= 4 is 39.9 Å². The Hall–Kier alpha value is -3.13. The molecule has 0 bridgehead atoms. The molecule has 0 aromatic heterocycles. The number of carbonyl (C=O) groups excluding carboxylic acids is 1. The molecule has 130 valence electrons. The molecule has 2 aromatic carbocycles. The Morgan fingerprint density at radius 2 is 2.04 bits per heavy atom. The summed E-state index contributed by atoms with van der Waals surface area (Å²) in [4.78, 5) is 29.2. The number of nitrogens with zero attached hydrogens (tertiary/aromatic N) is 3. The van der Waals surface area contributed by atoms with E-state index in [0.29, 0.717) is 5.69 Å². The van der Waals surface area contributed by atoms with Crippen molar-refractivity contribution < 1.29 is 9.72 Å². The number of hydrogen-bond acceptors (Lipinski definition) is 6. The number of amidine groups is 1. The molecular weight excluding hydrogens is 352 g/mol. The van der Waals surface area contributed by atoms with Crippen molar-refractivity contribution in [2.45, 2.75) is 0 Å². The van der Waals surface area contributed by atoms with E-state index in [1.807, 2.05) is 24.3 Å². The van der Waals surface area contributed by atoms with Gasteiger partial charge in [-0.05, 0) is 23.8 Å². The van der Waals surface area contributed by atoms with Crippen LogP contribution in [0.2, 0.25) is 0 Å². The van der Waals surface area contributed by atoms with Crippen LogP contribution in [-0.4, -0.2) is 34.0 Å². The first-order chi connectivity index (χ1) is 12.6. The van der Waals surface area contributed by atoms with Crippen LogP contribution in [0.25, 0.3) is 5.70 Å². The van der Waals surface area contributed by atoms with Gasteiger partial charge in [-0.3, -0.25) is 19.9 Å². The average molecular weight is 366 g/mol. The summed E-state index contributed by atoms with van der Waals surface area (Å²) in [7, 11) is 0. The lowest BCUT2D eigenvalue weighted by molar-refractivity contribution is -0.384. The average Bonchev–Trinajstić information content (AvgIpc) is 3.26. The number of anilines is 1. The summed E-state index contributed by atoms with van der Waals surface area (Å²) in [5.74, 6) is -0.383. The molecule has 2 aromatic rings. The monoisotopic (exact) mass is 366 g/mol. The molecule has 0 spiro atoms. The summed E-state index contributed by atoms with van der Waals surface area (Å²) in [5.41, 5.74) is 2.94. The van der Waals surface area contributed by atoms with Crippen molar-refractivity contribution in [3.63, 3.8) is 0 Å². The van der Waals surface area contributed by atoms with Gasteiger partial charge in [0.2, 0.25) is 0 Å². The number of fused-ring (bicyclic) bond motifs is 1. The summed E-state index contributed by atoms with van der Waals surface area (Å²) >= 11 is 1.62. The van der Waals surface area contributed by atoms with Crippen LogP contribution in [0.4, 0.5) is 11.4 Å². The zero-order valence-corrected chi connectivity index (χ0v) is 14.4. The second-order valence-electron chi connectivity index (χ2n) is 5.78. The topological polar surface area (TPSA) is 87.8 Å². The third-order valence-electron chi connectivity index (χ3n) is 4.13. The normalized spacial score (nSPS) is 15.3. The van der Waals surface area contributed by atoms with Crippen molar-refractivity contribution in [1.29, 1.82) is 0 Å². The van der Waals surface area contributed by atoms with Gasteiger partial charge >= 0.3 is 0 Å². The second-order valence-corrected chi connectivity index (χ2v) is 6.61. The lowest BCUT2D eigenvalue weighted by atomic mass is 10.1. The molecule has 4 rings (SSSR count). The minimum absolute atomic E-state index is 0.109. The quantitative estimate of drug-likeness (QED) is 0.660. The molecule has 0 saturated heterocycles. The van der Waals surface area contributed by atoms with Gasteiger partial charge < -0.3 is 10.2 Å². The Balaban J connectivity index is 1.48. The first kappa shape index (κ1) is 16.3. The number of nitro groups is 1. The van der Waals surface area contributed by atoms with E-state index >= 15 is 0 Å². The van der Waals surface area contributed by atoms with Gasteiger partial charge in [-0.15, -0.1) is 0 Å². The fourth-order valence-corrected chi connectivity index (χ4v) is 3.80. The van der Waals surface area contributed by atoms with Crippen LogP contribution in [-0.2, 0) is 0 Å². The van der Waals surface area contributed by atoms with Crippen molar-refractivity contribution in [2.75, 3.05) is 18.4 Å². The molecule has 26 heavy (non-hydrogen) atoms. The maximum absolute atomic E-state index is 12.3. The van der Waals surface area contributed by atoms with Crippen molar-refractivity contribution in [2.24, 2.45) is 4.99 Å². The fourth-order valence-electron chi connectivity index (χ4n) is 2.84. The highest BCUT2D eigenvalue weighted by atomic mass is 32.2. The number of hydrogen-bond donors (Lipinski definition) is 1. The Kier molecular flexibility index (Phi) is 4.18. The number of nitro benzene ring substituents is 1. The Morgan fingerprint density at radius 3 is 2.81 bits per heavy atom. The van der Waals surface area contributed by atoms with Gasteiger partial charge in [0.1, 0.15) is 0 Å². The van der Waals surface area contributed by atoms with Crippen LogP contribution in [0.15, 0.2) is 58.9 Å². The van der Waals surface area contributed by atoms with Gasteiger partial charge in [-0.1, -0.05) is 30.0 Å². The van der Waals surface area contributed by atoms with Gasteiger partial charge in [-0.2, -0.15) is 0 Å². The molecular formula is C18H14N4O3S. The molecule has 2 aliphatic heterocycles. The van der Waals surface area contributed by atoms with E-state index in [4.69, 9.17) is 0 Å². The van der Waals surface area contributed by atoms with E-state index < -0.39 is 4.92 Å². The fraction of sp³-hybridized carbons (Fsp3) is 0.111. The number of carbonyl (C=O) groups is 1. The second kappa shape index (κ2) is 6.64. The summed E-state index contributed by atoms with van der Waals surface area (Å²) in [5, 5.41) is 16.7. The SMILES string of the molecule is O=C(Nc1ccc(C2=CSC3=NCCN23)cc1)c1cccc([N+](=O)[O-])c1. The number of nitrogens with one attached hydrogen (secondary N) is 1. The van der Waals surface area contributed by atoms with Crippen molar-refractivity contribution in [1.82, 2.24) is 4.90 Å². The number of aliphatic imine (C=N–C) groups is 1. The van der Waals surface area contributed by atoms with Crippen LogP contribution < -0.4 is 5.32 Å². The molecule has 8 heteroatoms. The first-order valence-electron chi connectivity index (χ1n) is 7.97. The van der Waals surface area contributed by atoms with E-state index in [1.165, 1.54) is 18.2 Å². The summed E-state index contributed by atoms with van der Waals surface area (Å²) < 4.78 is 0. The Labute approximate surface area is 153 Å². The van der Waals surface area contributed by atoms with E-state index in [0.717, 1.165) is 29.5 Å². The van der Waals surface area contributed by atoms with E-state index in [9.17, 15) is 14.9 Å². The maximum atomic E-state index is 12.3. The predicted octanol–water partition coefficient (Wildman–Crippen LogP) is 3.56. The zero-order valence-electron chi connectivity index (χ0n) is 13.6. The zero-order chi connectivity index (χ0) is 18.1. The van der Waals surface area contributed by atoms with Gasteiger partial charge in [0, 0.05) is 35.3 Å². The number of benzene rings is 2. The molecule has 1 amide bonds. The lowest BCUT2D eigenvalue weighted by Crippen LogP contribution is -2.19. The molecule has 0 radical (unpaired) electrons. The van der Waals surface area contributed by atoms with Gasteiger partial charge in [0.25, 0.3) is 11.6 Å². The third-order valence-corrected chi connectivity index (χ3v) is 5.03. The summed E-state index contributed by atoms with van der Waals surface area (Å²) in [6.07, 6.45) is 0. The lowest BCUT2D eigenvalue weighted by Gasteiger charge is -2.16. The Bertz CT molecular complexity index is 953. The Morgan fingerprint density at radius 1 is 1.23 bits per heavy atom. The van der Waals surface area contributed by atoms with Crippen molar-refractivity contribution in [3.8, 4) is 0 Å². The van der Waals surface area contributed by atoms with Crippen LogP contribution in [0, 0.1) is 10.1 Å². The van der Waals surface area contributed by atoms with Crippen molar-refractivity contribution in [3.05, 3.63) is 75.2 Å². The van der Waals surface area contributed by atoms with Gasteiger partial charge in [0.05, 0.1) is 17.2 Å². The number of amides is 1. The highest BCUT2D eigenvalue weighted by Gasteiger charge is 2.26. The number of non-ortho nitro benzene ring substituents is 1. The molecule has 0 atom stereocenters. The first-order valence-corrected chi connectivity index (χ1v) is 8.85. The summed E-state index contributed by atoms with van der Waals surface area (Å²) in [6, 6.07) is 13.2. The largest absolute Gasteiger partial charge is 0.322 e. The minimum atomic E-state index is -0.519. The van der Waals surface area contributed by atoms with Gasteiger partial charge in [-0.25, -0.2) is 0 Å². The van der Waals surface area contributed by atoms with Crippen LogP contribution in [0.5, 0.6) is 0 Å². The minimum Gasteiger partial charge on any atom is -0.322 e. The standard InChI is InChI=1S/C18H14N4O3S/c23-17(13-2-1-3-15(10-13)22(24)25)20-14-6-4-12(5-7-14)16-11-26-18-19-8-9-21(16)18/h1-7,10-11H,8-9H2,(H,20,23). The number of thioether (sulfide) groups is 1. The van der Waals surface area contributed by atoms with Crippen LogP contribution in [0.3, 0.4) is 0 Å². The molecule has 2 aliphatic rings. The highest BCUT2D eigenvalue weighted by molar-refractivity contribution is 8.16. The molecule has 0 fully saturated rings. The molecule has 0 aliphatic carbocycles. The smallest absolute Gasteiger partial charge is 0.270 e. The van der Waals surface area contributed by atoms with E-state index in [-0.39, 0.29) is 17.2 Å². The molecule has 2 heterocycles. The third kappa shape index (κ3) is 3.06. The predicted molar refractivity (Wildman–Crippen MR) is 102 cm³/mol. The number of rotatable bonds is 4. The highest BCUT2D eigenvalue weighted by Crippen LogP contribution is 2.35. The molecule has 0 saturated carbocycles.